The Morgan fingerprint density at radius 2 is 1.86 bits per heavy atom. The number of amides is 1. The minimum Gasteiger partial charge on any atom is -0.466 e. The molecule has 0 aliphatic carbocycles. The fraction of sp³-hybridized carbons (Fsp3) is 0.500. The Morgan fingerprint density at radius 3 is 2.57 bits per heavy atom. The summed E-state index contributed by atoms with van der Waals surface area (Å²) in [6.45, 7) is 6.95. The zero-order chi connectivity index (χ0) is 26.8. The Balaban J connectivity index is 1.91. The number of sulfonamides is 1. The van der Waals surface area contributed by atoms with E-state index in [2.05, 4.69) is 17.0 Å². The molecule has 1 amide bonds. The van der Waals surface area contributed by atoms with E-state index in [1.807, 2.05) is 35.2 Å². The molecule has 2 atom stereocenters. The van der Waals surface area contributed by atoms with Crippen LogP contribution >= 0.6 is 0 Å². The van der Waals surface area contributed by atoms with Crippen molar-refractivity contribution < 1.29 is 22.7 Å². The molecule has 2 aromatic carbocycles. The van der Waals surface area contributed by atoms with Crippen molar-refractivity contribution in [1.82, 2.24) is 4.72 Å². The van der Waals surface area contributed by atoms with Crippen molar-refractivity contribution in [3.05, 3.63) is 54.1 Å². The third kappa shape index (κ3) is 8.04. The maximum atomic E-state index is 13.7. The summed E-state index contributed by atoms with van der Waals surface area (Å²) in [4.78, 5) is 26.9. The molecule has 1 aliphatic heterocycles. The molecule has 0 aromatic heterocycles. The minimum atomic E-state index is -3.97. The van der Waals surface area contributed by atoms with Gasteiger partial charge < -0.3 is 15.0 Å². The van der Waals surface area contributed by atoms with Crippen molar-refractivity contribution in [2.24, 2.45) is 5.92 Å². The average molecular weight is 530 g/mol. The van der Waals surface area contributed by atoms with E-state index in [1.54, 1.807) is 26.0 Å². The summed E-state index contributed by atoms with van der Waals surface area (Å²) in [5.74, 6) is -0.725. The number of unbranched alkanes of at least 4 members (excludes halogenated alkanes) is 2. The Morgan fingerprint density at radius 1 is 1.11 bits per heavy atom. The summed E-state index contributed by atoms with van der Waals surface area (Å²) < 4.78 is 35.4. The summed E-state index contributed by atoms with van der Waals surface area (Å²) in [5.41, 5.74) is 1.77. The zero-order valence-electron chi connectivity index (χ0n) is 22.0. The van der Waals surface area contributed by atoms with Gasteiger partial charge in [0.05, 0.1) is 18.2 Å². The number of anilines is 2. The van der Waals surface area contributed by atoms with Gasteiger partial charge in [-0.25, -0.2) is 13.1 Å². The van der Waals surface area contributed by atoms with Crippen LogP contribution in [0.15, 0.2) is 53.4 Å². The number of nitrogens with one attached hydrogen (secondary N) is 2. The van der Waals surface area contributed by atoms with E-state index in [1.165, 1.54) is 6.07 Å². The zero-order valence-corrected chi connectivity index (χ0v) is 22.9. The number of piperidine rings is 1. The van der Waals surface area contributed by atoms with Crippen LogP contribution in [-0.4, -0.2) is 40.0 Å². The molecule has 8 nitrogen and oxygen atoms in total. The van der Waals surface area contributed by atoms with Crippen molar-refractivity contribution in [2.75, 3.05) is 29.9 Å². The Bertz CT molecular complexity index is 1150. The van der Waals surface area contributed by atoms with Gasteiger partial charge in [0.25, 0.3) is 0 Å². The topological polar surface area (TPSA) is 105 Å². The molecule has 1 saturated heterocycles. The molecule has 1 aliphatic rings. The highest BCUT2D eigenvalue weighted by atomic mass is 32.2. The summed E-state index contributed by atoms with van der Waals surface area (Å²) in [6, 6.07) is 13.8. The number of nitrogens with zero attached hydrogens (tertiary/aromatic N) is 1. The summed E-state index contributed by atoms with van der Waals surface area (Å²) in [6.07, 6.45) is 4.58. The second-order valence-electron chi connectivity index (χ2n) is 9.48. The van der Waals surface area contributed by atoms with Crippen LogP contribution in [0.3, 0.4) is 0 Å². The lowest BCUT2D eigenvalue weighted by Crippen LogP contribution is -2.40. The smallest absolute Gasteiger partial charge is 0.310 e. The normalized spacial score (nSPS) is 16.7. The van der Waals surface area contributed by atoms with Gasteiger partial charge in [0, 0.05) is 31.2 Å². The van der Waals surface area contributed by atoms with Crippen molar-refractivity contribution in [3.8, 4) is 0 Å². The van der Waals surface area contributed by atoms with Gasteiger partial charge in [0.15, 0.2) is 0 Å². The third-order valence-corrected chi connectivity index (χ3v) is 8.12. The van der Waals surface area contributed by atoms with Gasteiger partial charge in [-0.1, -0.05) is 50.1 Å². The second kappa shape index (κ2) is 13.6. The summed E-state index contributed by atoms with van der Waals surface area (Å²) in [7, 11) is -3.97. The second-order valence-corrected chi connectivity index (χ2v) is 11.2. The van der Waals surface area contributed by atoms with Crippen LogP contribution in [0.25, 0.3) is 0 Å². The molecule has 202 valence electrons. The number of carbonyl (C=O) groups excluding carboxylic acids is 2. The van der Waals surface area contributed by atoms with E-state index in [0.717, 1.165) is 31.2 Å². The quantitative estimate of drug-likeness (QED) is 0.295. The van der Waals surface area contributed by atoms with Crippen LogP contribution in [0, 0.1) is 5.92 Å². The first-order valence-electron chi connectivity index (χ1n) is 13.2. The Kier molecular flexibility index (Phi) is 10.5. The lowest BCUT2D eigenvalue weighted by Gasteiger charge is -2.34. The van der Waals surface area contributed by atoms with Gasteiger partial charge in [0.2, 0.25) is 15.9 Å². The SMILES string of the molecule is CCCCCC(=O)Nc1ccc(N2CCC[C@@H](C(=O)OCC)C2)c(S(=O)(=O)N[C@H](C)c2ccccc2)c1. The molecule has 2 N–H and O–H groups in total. The van der Waals surface area contributed by atoms with Crippen LogP contribution in [0.4, 0.5) is 11.4 Å². The van der Waals surface area contributed by atoms with E-state index in [0.29, 0.717) is 43.9 Å². The molecule has 0 spiro atoms. The first kappa shape index (κ1) is 28.7. The third-order valence-electron chi connectivity index (χ3n) is 6.55. The summed E-state index contributed by atoms with van der Waals surface area (Å²) in [5, 5.41) is 2.85. The van der Waals surface area contributed by atoms with Crippen LogP contribution in [-0.2, 0) is 24.3 Å². The number of benzene rings is 2. The van der Waals surface area contributed by atoms with Gasteiger partial charge in [0.1, 0.15) is 4.90 Å². The van der Waals surface area contributed by atoms with Gasteiger partial charge in [-0.2, -0.15) is 0 Å². The largest absolute Gasteiger partial charge is 0.466 e. The first-order chi connectivity index (χ1) is 17.7. The van der Waals surface area contributed by atoms with Gasteiger partial charge >= 0.3 is 5.97 Å². The molecule has 9 heteroatoms. The first-order valence-corrected chi connectivity index (χ1v) is 14.7. The van der Waals surface area contributed by atoms with E-state index in [4.69, 9.17) is 4.74 Å². The van der Waals surface area contributed by atoms with Crippen LogP contribution in [0.1, 0.15) is 70.9 Å². The average Bonchev–Trinajstić information content (AvgIpc) is 2.89. The van der Waals surface area contributed by atoms with Crippen LogP contribution < -0.4 is 14.9 Å². The lowest BCUT2D eigenvalue weighted by atomic mass is 9.97. The molecule has 0 radical (unpaired) electrons. The maximum absolute atomic E-state index is 13.7. The van der Waals surface area contributed by atoms with Gasteiger partial charge in [-0.05, 0) is 56.9 Å². The summed E-state index contributed by atoms with van der Waals surface area (Å²) >= 11 is 0. The van der Waals surface area contributed by atoms with Crippen molar-refractivity contribution >= 4 is 33.3 Å². The standard InChI is InChI=1S/C28H39N3O5S/c1-4-6-8-15-27(32)29-24-16-17-25(31-18-11-14-23(20-31)28(33)36-5-2)26(19-24)37(34,35)30-21(3)22-12-9-7-10-13-22/h7,9-10,12-13,16-17,19,21,23,30H,4-6,8,11,14-15,18,20H2,1-3H3,(H,29,32)/t21-,23-/m1/s1. The predicted molar refractivity (Wildman–Crippen MR) is 146 cm³/mol. The van der Waals surface area contributed by atoms with Crippen molar-refractivity contribution in [2.45, 2.75) is 70.2 Å². The molecule has 1 heterocycles. The molecule has 1 fully saturated rings. The van der Waals surface area contributed by atoms with E-state index >= 15 is 0 Å². The highest BCUT2D eigenvalue weighted by molar-refractivity contribution is 7.89. The molecule has 37 heavy (non-hydrogen) atoms. The minimum absolute atomic E-state index is 0.0751. The molecule has 0 unspecified atom stereocenters. The molecule has 2 aromatic rings. The molecule has 0 saturated carbocycles. The number of hydrogen-bond acceptors (Lipinski definition) is 6. The fourth-order valence-corrected chi connectivity index (χ4v) is 6.06. The van der Waals surface area contributed by atoms with Crippen molar-refractivity contribution in [1.29, 1.82) is 0 Å². The monoisotopic (exact) mass is 529 g/mol. The van der Waals surface area contributed by atoms with Gasteiger partial charge in [-0.15, -0.1) is 0 Å². The van der Waals surface area contributed by atoms with E-state index in [-0.39, 0.29) is 22.7 Å². The predicted octanol–water partition coefficient (Wildman–Crippen LogP) is 5.02. The fourth-order valence-electron chi connectivity index (χ4n) is 4.58. The Hall–Kier alpha value is -2.91. The number of esters is 1. The van der Waals surface area contributed by atoms with Gasteiger partial charge in [-0.3, -0.25) is 9.59 Å². The molecular weight excluding hydrogens is 490 g/mol. The number of rotatable bonds is 12. The molecule has 0 bridgehead atoms. The highest BCUT2D eigenvalue weighted by Crippen LogP contribution is 2.33. The number of ether oxygens (including phenoxy) is 1. The number of hydrogen-bond donors (Lipinski definition) is 2. The highest BCUT2D eigenvalue weighted by Gasteiger charge is 2.31. The number of carbonyl (C=O) groups is 2. The molecular formula is C28H39N3O5S. The molecule has 3 rings (SSSR count). The van der Waals surface area contributed by atoms with E-state index in [9.17, 15) is 18.0 Å². The van der Waals surface area contributed by atoms with E-state index < -0.39 is 16.1 Å². The Labute approximate surface area is 220 Å². The van der Waals surface area contributed by atoms with Crippen molar-refractivity contribution in [3.63, 3.8) is 0 Å². The lowest BCUT2D eigenvalue weighted by molar-refractivity contribution is -0.148. The maximum Gasteiger partial charge on any atom is 0.310 e. The van der Waals surface area contributed by atoms with Crippen LogP contribution in [0.5, 0.6) is 0 Å². The van der Waals surface area contributed by atoms with Crippen LogP contribution in [0.2, 0.25) is 0 Å².